The van der Waals surface area contributed by atoms with Crippen LogP contribution in [0, 0.1) is 16.7 Å². The molecule has 19 heavy (non-hydrogen) atoms. The lowest BCUT2D eigenvalue weighted by atomic mass is 9.70. The summed E-state index contributed by atoms with van der Waals surface area (Å²) >= 11 is 9.45. The normalized spacial score (nSPS) is 35.6. The first kappa shape index (κ1) is 13.7. The average molecular weight is 345 g/mol. The van der Waals surface area contributed by atoms with Crippen molar-refractivity contribution in [3.05, 3.63) is 21.9 Å². The van der Waals surface area contributed by atoms with Crippen LogP contribution in [0.4, 0.5) is 0 Å². The van der Waals surface area contributed by atoms with Crippen LogP contribution in [0.3, 0.4) is 0 Å². The maximum Gasteiger partial charge on any atom is 0.138 e. The second-order valence-electron chi connectivity index (χ2n) is 6.65. The van der Waals surface area contributed by atoms with Crippen LogP contribution < -0.4 is 4.74 Å². The van der Waals surface area contributed by atoms with Gasteiger partial charge in [-0.2, -0.15) is 0 Å². The predicted octanol–water partition coefficient (Wildman–Crippen LogP) is 5.09. The van der Waals surface area contributed by atoms with Gasteiger partial charge in [-0.15, -0.1) is 0 Å². The first-order valence-electron chi connectivity index (χ1n) is 6.82. The first-order valence-corrected chi connectivity index (χ1v) is 7.99. The van der Waals surface area contributed by atoms with Crippen molar-refractivity contribution in [1.82, 2.24) is 4.98 Å². The Morgan fingerprint density at radius 1 is 1.42 bits per heavy atom. The van der Waals surface area contributed by atoms with E-state index < -0.39 is 0 Å². The standard InChI is InChI=1S/C15H19BrClNO/c1-14(2)9-4-5-15(14,3)12(6-9)19-11-7-13(17)18-8-10(11)16/h7-9,12H,4-6H2,1-3H3. The third-order valence-electron chi connectivity index (χ3n) is 5.77. The Morgan fingerprint density at radius 3 is 2.74 bits per heavy atom. The van der Waals surface area contributed by atoms with E-state index >= 15 is 0 Å². The van der Waals surface area contributed by atoms with Crippen LogP contribution in [0.15, 0.2) is 16.7 Å². The summed E-state index contributed by atoms with van der Waals surface area (Å²) < 4.78 is 7.16. The Labute approximate surface area is 128 Å². The van der Waals surface area contributed by atoms with Crippen molar-refractivity contribution in [2.45, 2.75) is 46.1 Å². The van der Waals surface area contributed by atoms with E-state index in [1.54, 1.807) is 12.3 Å². The Balaban J connectivity index is 1.88. The predicted molar refractivity (Wildman–Crippen MR) is 80.6 cm³/mol. The van der Waals surface area contributed by atoms with Gasteiger partial charge in [0.1, 0.15) is 17.0 Å². The Hall–Kier alpha value is -0.280. The second kappa shape index (κ2) is 4.36. The molecule has 1 heterocycles. The van der Waals surface area contributed by atoms with Crippen molar-refractivity contribution in [2.24, 2.45) is 16.7 Å². The van der Waals surface area contributed by atoms with Gasteiger partial charge in [-0.3, -0.25) is 0 Å². The van der Waals surface area contributed by atoms with Crippen LogP contribution >= 0.6 is 27.5 Å². The summed E-state index contributed by atoms with van der Waals surface area (Å²) in [7, 11) is 0. The van der Waals surface area contributed by atoms with Crippen LogP contribution in [0.5, 0.6) is 5.75 Å². The molecule has 3 unspecified atom stereocenters. The molecule has 3 rings (SSSR count). The average Bonchev–Trinajstić information content (AvgIpc) is 2.67. The van der Waals surface area contributed by atoms with Gasteiger partial charge in [0.2, 0.25) is 0 Å². The zero-order chi connectivity index (χ0) is 13.8. The molecule has 0 radical (unpaired) electrons. The molecule has 1 aromatic heterocycles. The van der Waals surface area contributed by atoms with E-state index in [-0.39, 0.29) is 11.5 Å². The van der Waals surface area contributed by atoms with Gasteiger partial charge in [0.15, 0.2) is 0 Å². The number of rotatable bonds is 2. The van der Waals surface area contributed by atoms with Crippen LogP contribution in [0.25, 0.3) is 0 Å². The first-order chi connectivity index (χ1) is 8.84. The Bertz CT molecular complexity index is 519. The van der Waals surface area contributed by atoms with E-state index in [0.717, 1.165) is 22.6 Å². The zero-order valence-electron chi connectivity index (χ0n) is 11.5. The molecule has 0 saturated heterocycles. The Kier molecular flexibility index (Phi) is 3.14. The molecule has 3 atom stereocenters. The third kappa shape index (κ3) is 1.92. The number of halogens is 2. The number of ether oxygens (including phenoxy) is 1. The quantitative estimate of drug-likeness (QED) is 0.697. The highest BCUT2D eigenvalue weighted by Crippen LogP contribution is 2.66. The van der Waals surface area contributed by atoms with Gasteiger partial charge in [0.05, 0.1) is 4.47 Å². The lowest BCUT2D eigenvalue weighted by Gasteiger charge is -2.39. The summed E-state index contributed by atoms with van der Waals surface area (Å²) in [5, 5.41) is 0.478. The van der Waals surface area contributed by atoms with E-state index in [1.807, 2.05) is 0 Å². The van der Waals surface area contributed by atoms with Crippen molar-refractivity contribution in [3.8, 4) is 5.75 Å². The summed E-state index contributed by atoms with van der Waals surface area (Å²) in [4.78, 5) is 4.05. The SMILES string of the molecule is CC1(C)C2CCC1(C)C(Oc1cc(Cl)ncc1Br)C2. The molecule has 0 aromatic carbocycles. The smallest absolute Gasteiger partial charge is 0.138 e. The van der Waals surface area contributed by atoms with E-state index in [9.17, 15) is 0 Å². The molecule has 1 aromatic rings. The summed E-state index contributed by atoms with van der Waals surface area (Å²) in [6, 6.07) is 1.80. The topological polar surface area (TPSA) is 22.1 Å². The largest absolute Gasteiger partial charge is 0.488 e. The van der Waals surface area contributed by atoms with Gasteiger partial charge in [-0.25, -0.2) is 4.98 Å². The van der Waals surface area contributed by atoms with Gasteiger partial charge < -0.3 is 4.74 Å². The number of hydrogen-bond donors (Lipinski definition) is 0. The molecular formula is C15H19BrClNO. The fourth-order valence-electron chi connectivity index (χ4n) is 3.95. The highest BCUT2D eigenvalue weighted by molar-refractivity contribution is 9.10. The molecule has 2 bridgehead atoms. The monoisotopic (exact) mass is 343 g/mol. The maximum absolute atomic E-state index is 6.29. The molecule has 0 amide bonds. The number of pyridine rings is 1. The van der Waals surface area contributed by atoms with Gasteiger partial charge in [-0.1, -0.05) is 32.4 Å². The number of nitrogens with zero attached hydrogens (tertiary/aromatic N) is 1. The molecular weight excluding hydrogens is 326 g/mol. The molecule has 2 aliphatic carbocycles. The molecule has 2 saturated carbocycles. The van der Waals surface area contributed by atoms with E-state index in [2.05, 4.69) is 41.7 Å². The number of aromatic nitrogens is 1. The van der Waals surface area contributed by atoms with Crippen LogP contribution in [0.2, 0.25) is 5.15 Å². The van der Waals surface area contributed by atoms with Crippen LogP contribution in [-0.4, -0.2) is 11.1 Å². The highest BCUT2D eigenvalue weighted by atomic mass is 79.9. The Morgan fingerprint density at radius 2 is 2.16 bits per heavy atom. The molecule has 104 valence electrons. The molecule has 0 aliphatic heterocycles. The van der Waals surface area contributed by atoms with Crippen molar-refractivity contribution in [2.75, 3.05) is 0 Å². The molecule has 2 aliphatic rings. The van der Waals surface area contributed by atoms with Crippen molar-refractivity contribution >= 4 is 27.5 Å². The minimum atomic E-state index is 0.257. The van der Waals surface area contributed by atoms with Crippen LogP contribution in [0.1, 0.15) is 40.0 Å². The summed E-state index contributed by atoms with van der Waals surface area (Å²) in [5.74, 6) is 1.59. The number of hydrogen-bond acceptors (Lipinski definition) is 2. The minimum Gasteiger partial charge on any atom is -0.488 e. The molecule has 4 heteroatoms. The van der Waals surface area contributed by atoms with Crippen molar-refractivity contribution in [3.63, 3.8) is 0 Å². The van der Waals surface area contributed by atoms with Crippen molar-refractivity contribution < 1.29 is 4.74 Å². The van der Waals surface area contributed by atoms with Gasteiger partial charge in [-0.05, 0) is 46.5 Å². The van der Waals surface area contributed by atoms with Gasteiger partial charge >= 0.3 is 0 Å². The zero-order valence-corrected chi connectivity index (χ0v) is 13.9. The molecule has 2 nitrogen and oxygen atoms in total. The van der Waals surface area contributed by atoms with Crippen LogP contribution in [-0.2, 0) is 0 Å². The van der Waals surface area contributed by atoms with E-state index in [4.69, 9.17) is 16.3 Å². The van der Waals surface area contributed by atoms with E-state index in [1.165, 1.54) is 12.8 Å². The lowest BCUT2D eigenvalue weighted by molar-refractivity contribution is 0.0296. The summed E-state index contributed by atoms with van der Waals surface area (Å²) in [6.07, 6.45) is 5.72. The second-order valence-corrected chi connectivity index (χ2v) is 7.90. The fourth-order valence-corrected chi connectivity index (χ4v) is 4.41. The lowest BCUT2D eigenvalue weighted by Crippen LogP contribution is -2.38. The fraction of sp³-hybridized carbons (Fsp3) is 0.667. The molecule has 2 fully saturated rings. The maximum atomic E-state index is 6.29. The van der Waals surface area contributed by atoms with Crippen molar-refractivity contribution in [1.29, 1.82) is 0 Å². The summed E-state index contributed by atoms with van der Waals surface area (Å²) in [5.41, 5.74) is 0.619. The molecule has 0 N–H and O–H groups in total. The number of fused-ring (bicyclic) bond motifs is 2. The highest BCUT2D eigenvalue weighted by Gasteiger charge is 2.62. The van der Waals surface area contributed by atoms with E-state index in [0.29, 0.717) is 10.6 Å². The third-order valence-corrected chi connectivity index (χ3v) is 6.57. The van der Waals surface area contributed by atoms with Gasteiger partial charge in [0, 0.05) is 17.7 Å². The molecule has 0 spiro atoms. The minimum absolute atomic E-state index is 0.257. The summed E-state index contributed by atoms with van der Waals surface area (Å²) in [6.45, 7) is 7.16. The van der Waals surface area contributed by atoms with Gasteiger partial charge in [0.25, 0.3) is 0 Å².